The van der Waals surface area contributed by atoms with Crippen LogP contribution in [0.3, 0.4) is 0 Å². The summed E-state index contributed by atoms with van der Waals surface area (Å²) in [4.78, 5) is 0. The maximum Gasteiger partial charge on any atom is -0.00461 e. The first kappa shape index (κ1) is 14.0. The smallest absolute Gasteiger partial charge is 0.00461 e. The van der Waals surface area contributed by atoms with Crippen LogP contribution in [0.2, 0.25) is 0 Å². The first-order valence-corrected chi connectivity index (χ1v) is 6.23. The van der Waals surface area contributed by atoms with E-state index in [2.05, 4.69) is 34.6 Å². The highest BCUT2D eigenvalue weighted by Crippen LogP contribution is 2.35. The van der Waals surface area contributed by atoms with Gasteiger partial charge in [-0.05, 0) is 30.2 Å². The molecule has 14 heavy (non-hydrogen) atoms. The zero-order valence-electron chi connectivity index (χ0n) is 10.8. The van der Waals surface area contributed by atoms with E-state index in [1.54, 1.807) is 0 Å². The Kier molecular flexibility index (Phi) is 6.43. The Labute approximate surface area is 90.5 Å². The molecule has 0 aliphatic heterocycles. The molecule has 0 fully saturated rings. The molecule has 0 rings (SSSR count). The molecule has 0 heterocycles. The topological polar surface area (TPSA) is 26.0 Å². The quantitative estimate of drug-likeness (QED) is 0.662. The van der Waals surface area contributed by atoms with Crippen molar-refractivity contribution < 1.29 is 0 Å². The normalized spacial score (nSPS) is 16.7. The molecule has 0 aliphatic rings. The van der Waals surface area contributed by atoms with Gasteiger partial charge in [-0.3, -0.25) is 0 Å². The van der Waals surface area contributed by atoms with Crippen molar-refractivity contribution in [2.75, 3.05) is 6.54 Å². The zero-order chi connectivity index (χ0) is 11.2. The summed E-state index contributed by atoms with van der Waals surface area (Å²) in [6, 6.07) is 0. The molecule has 2 unspecified atom stereocenters. The summed E-state index contributed by atoms with van der Waals surface area (Å²) in [5.74, 6) is 1.49. The molecule has 1 heteroatoms. The van der Waals surface area contributed by atoms with Gasteiger partial charge in [0.1, 0.15) is 0 Å². The fourth-order valence-corrected chi connectivity index (χ4v) is 2.02. The zero-order valence-corrected chi connectivity index (χ0v) is 10.8. The van der Waals surface area contributed by atoms with Gasteiger partial charge in [0.15, 0.2) is 0 Å². The highest BCUT2D eigenvalue weighted by atomic mass is 14.6. The van der Waals surface area contributed by atoms with E-state index in [4.69, 9.17) is 5.73 Å². The number of nitrogens with two attached hydrogens (primary N) is 1. The lowest BCUT2D eigenvalue weighted by Crippen LogP contribution is -2.28. The third-order valence-corrected chi connectivity index (χ3v) is 4.21. The summed E-state index contributed by atoms with van der Waals surface area (Å²) < 4.78 is 0. The van der Waals surface area contributed by atoms with E-state index >= 15 is 0 Å². The van der Waals surface area contributed by atoms with E-state index in [0.717, 1.165) is 12.5 Å². The van der Waals surface area contributed by atoms with Crippen molar-refractivity contribution in [3.8, 4) is 0 Å². The molecule has 1 nitrogen and oxygen atoms in total. The van der Waals surface area contributed by atoms with E-state index < -0.39 is 0 Å². The first-order chi connectivity index (χ1) is 6.52. The van der Waals surface area contributed by atoms with Gasteiger partial charge in [0.25, 0.3) is 0 Å². The van der Waals surface area contributed by atoms with Crippen LogP contribution in [0, 0.1) is 17.3 Å². The average molecular weight is 199 g/mol. The lowest BCUT2D eigenvalue weighted by Gasteiger charge is -2.33. The van der Waals surface area contributed by atoms with Crippen LogP contribution in [0.25, 0.3) is 0 Å². The predicted molar refractivity (Wildman–Crippen MR) is 65.3 cm³/mol. The Morgan fingerprint density at radius 3 is 1.93 bits per heavy atom. The van der Waals surface area contributed by atoms with Crippen LogP contribution in [0.1, 0.15) is 60.3 Å². The van der Waals surface area contributed by atoms with E-state index in [-0.39, 0.29) is 0 Å². The summed E-state index contributed by atoms with van der Waals surface area (Å²) in [5.41, 5.74) is 6.37. The Morgan fingerprint density at radius 1 is 1.14 bits per heavy atom. The fourth-order valence-electron chi connectivity index (χ4n) is 2.02. The lowest BCUT2D eigenvalue weighted by molar-refractivity contribution is 0.184. The van der Waals surface area contributed by atoms with Crippen LogP contribution >= 0.6 is 0 Å². The highest BCUT2D eigenvalue weighted by Gasteiger charge is 2.26. The summed E-state index contributed by atoms with van der Waals surface area (Å²) in [7, 11) is 0. The van der Waals surface area contributed by atoms with Gasteiger partial charge >= 0.3 is 0 Å². The van der Waals surface area contributed by atoms with Crippen LogP contribution < -0.4 is 5.73 Å². The first-order valence-electron chi connectivity index (χ1n) is 6.23. The minimum absolute atomic E-state index is 0.507. The molecule has 0 amide bonds. The third-order valence-electron chi connectivity index (χ3n) is 4.21. The molecule has 0 saturated heterocycles. The summed E-state index contributed by atoms with van der Waals surface area (Å²) in [6.07, 6.45) is 5.10. The molecule has 0 aromatic heterocycles. The maximum absolute atomic E-state index is 5.87. The molecular weight excluding hydrogens is 170 g/mol. The minimum Gasteiger partial charge on any atom is -0.330 e. The molecule has 0 aromatic carbocycles. The number of hydrogen-bond donors (Lipinski definition) is 1. The van der Waals surface area contributed by atoms with Gasteiger partial charge in [0.2, 0.25) is 0 Å². The summed E-state index contributed by atoms with van der Waals surface area (Å²) >= 11 is 0. The van der Waals surface area contributed by atoms with Crippen molar-refractivity contribution in [1.29, 1.82) is 0 Å². The predicted octanol–water partition coefficient (Wildman–Crippen LogP) is 3.82. The Hall–Kier alpha value is -0.0400. The second-order valence-electron chi connectivity index (χ2n) is 5.10. The minimum atomic E-state index is 0.507. The van der Waals surface area contributed by atoms with Crippen LogP contribution in [-0.4, -0.2) is 6.54 Å². The average Bonchev–Trinajstić information content (AvgIpc) is 2.24. The van der Waals surface area contributed by atoms with Crippen LogP contribution in [0.5, 0.6) is 0 Å². The Balaban J connectivity index is 4.28. The van der Waals surface area contributed by atoms with Crippen molar-refractivity contribution >= 4 is 0 Å². The lowest BCUT2D eigenvalue weighted by atomic mass is 9.73. The van der Waals surface area contributed by atoms with Crippen LogP contribution in [0.15, 0.2) is 0 Å². The van der Waals surface area contributed by atoms with Crippen molar-refractivity contribution in [2.45, 2.75) is 60.3 Å². The van der Waals surface area contributed by atoms with E-state index in [1.807, 2.05) is 0 Å². The second kappa shape index (κ2) is 6.44. The van der Waals surface area contributed by atoms with E-state index in [0.29, 0.717) is 11.3 Å². The van der Waals surface area contributed by atoms with Crippen molar-refractivity contribution in [1.82, 2.24) is 0 Å². The largest absolute Gasteiger partial charge is 0.330 e. The van der Waals surface area contributed by atoms with E-state index in [1.165, 1.54) is 25.7 Å². The monoisotopic (exact) mass is 199 g/mol. The second-order valence-corrected chi connectivity index (χ2v) is 5.10. The summed E-state index contributed by atoms with van der Waals surface area (Å²) in [5, 5.41) is 0. The van der Waals surface area contributed by atoms with Gasteiger partial charge in [-0.2, -0.15) is 0 Å². The van der Waals surface area contributed by atoms with Crippen LogP contribution in [0.4, 0.5) is 0 Å². The molecule has 0 aliphatic carbocycles. The van der Waals surface area contributed by atoms with Crippen molar-refractivity contribution in [2.24, 2.45) is 23.0 Å². The number of rotatable bonds is 7. The van der Waals surface area contributed by atoms with Gasteiger partial charge in [-0.15, -0.1) is 0 Å². The Morgan fingerprint density at radius 2 is 1.64 bits per heavy atom. The number of hydrogen-bond acceptors (Lipinski definition) is 1. The molecule has 2 N–H and O–H groups in total. The molecule has 0 saturated carbocycles. The molecule has 0 radical (unpaired) electrons. The summed E-state index contributed by atoms with van der Waals surface area (Å²) in [6.45, 7) is 12.5. The van der Waals surface area contributed by atoms with Crippen LogP contribution in [-0.2, 0) is 0 Å². The van der Waals surface area contributed by atoms with Crippen molar-refractivity contribution in [3.63, 3.8) is 0 Å². The molecule has 2 atom stereocenters. The Bertz CT molecular complexity index is 138. The van der Waals surface area contributed by atoms with Crippen molar-refractivity contribution in [3.05, 3.63) is 0 Å². The molecule has 0 spiro atoms. The SMILES string of the molecule is CCC(C)C(CN)CC(C)(CC)CC. The third kappa shape index (κ3) is 4.00. The molecule has 0 aromatic rings. The maximum atomic E-state index is 5.87. The fraction of sp³-hybridized carbons (Fsp3) is 1.00. The van der Waals surface area contributed by atoms with Gasteiger partial charge in [-0.1, -0.05) is 53.9 Å². The molecule has 86 valence electrons. The van der Waals surface area contributed by atoms with Gasteiger partial charge in [0, 0.05) is 0 Å². The molecular formula is C13H29N. The molecule has 0 bridgehead atoms. The standard InChI is InChI=1S/C13H29N/c1-6-11(4)12(10-14)9-13(5,7-2)8-3/h11-12H,6-10,14H2,1-5H3. The van der Waals surface area contributed by atoms with Gasteiger partial charge in [0.05, 0.1) is 0 Å². The van der Waals surface area contributed by atoms with E-state index in [9.17, 15) is 0 Å². The highest BCUT2D eigenvalue weighted by molar-refractivity contribution is 4.78. The van der Waals surface area contributed by atoms with Gasteiger partial charge in [-0.25, -0.2) is 0 Å². The van der Waals surface area contributed by atoms with Gasteiger partial charge < -0.3 is 5.73 Å².